The van der Waals surface area contributed by atoms with Crippen molar-refractivity contribution in [2.45, 2.75) is 24.7 Å². The summed E-state index contributed by atoms with van der Waals surface area (Å²) in [5.41, 5.74) is 2.65. The normalized spacial score (nSPS) is 17.0. The lowest BCUT2D eigenvalue weighted by Gasteiger charge is -2.32. The van der Waals surface area contributed by atoms with Crippen LogP contribution in [-0.4, -0.2) is 36.1 Å². The molecular weight excluding hydrogens is 344 g/mol. The van der Waals surface area contributed by atoms with Crippen LogP contribution in [0, 0.1) is 12.8 Å². The van der Waals surface area contributed by atoms with E-state index in [0.717, 1.165) is 29.0 Å². The Morgan fingerprint density at radius 3 is 2.58 bits per heavy atom. The molecule has 0 aromatic heterocycles. The van der Waals surface area contributed by atoms with E-state index in [4.69, 9.17) is 0 Å². The molecule has 1 aliphatic heterocycles. The van der Waals surface area contributed by atoms with E-state index in [1.54, 1.807) is 16.7 Å². The average molecular weight is 369 g/mol. The molecule has 136 valence electrons. The van der Waals surface area contributed by atoms with Gasteiger partial charge in [-0.25, -0.2) is 0 Å². The fourth-order valence-corrected chi connectivity index (χ4v) is 3.79. The van der Waals surface area contributed by atoms with Crippen LogP contribution in [0.3, 0.4) is 0 Å². The third-order valence-electron chi connectivity index (χ3n) is 4.74. The molecule has 0 bridgehead atoms. The number of hydrogen-bond donors (Lipinski definition) is 1. The molecule has 2 aromatic rings. The molecule has 2 amide bonds. The van der Waals surface area contributed by atoms with E-state index in [-0.39, 0.29) is 17.7 Å². The summed E-state index contributed by atoms with van der Waals surface area (Å²) in [6.45, 7) is 3.18. The van der Waals surface area contributed by atoms with Crippen LogP contribution in [0.2, 0.25) is 0 Å². The van der Waals surface area contributed by atoms with Crippen LogP contribution in [0.4, 0.5) is 5.69 Å². The average Bonchev–Trinajstić information content (AvgIpc) is 2.68. The monoisotopic (exact) mass is 368 g/mol. The second-order valence-electron chi connectivity index (χ2n) is 6.65. The molecule has 1 atom stereocenters. The Labute approximate surface area is 159 Å². The van der Waals surface area contributed by atoms with Gasteiger partial charge in [-0.15, -0.1) is 11.8 Å². The van der Waals surface area contributed by atoms with E-state index in [1.165, 1.54) is 0 Å². The number of likely N-dealkylation sites (tertiary alicyclic amines) is 1. The summed E-state index contributed by atoms with van der Waals surface area (Å²) in [5, 5.41) is 3.04. The standard InChI is InChI=1S/C21H24N2O2S/c1-15-9-11-16(12-10-15)21(25)23-13-5-6-17(14-23)20(24)22-18-7-3-4-8-19(18)26-2/h3-4,7-12,17H,5-6,13-14H2,1-2H3,(H,22,24). The van der Waals surface area contributed by atoms with Crippen LogP contribution in [0.25, 0.3) is 0 Å². The van der Waals surface area contributed by atoms with Gasteiger partial charge >= 0.3 is 0 Å². The summed E-state index contributed by atoms with van der Waals surface area (Å²) in [4.78, 5) is 28.3. The lowest BCUT2D eigenvalue weighted by molar-refractivity contribution is -0.121. The molecule has 3 rings (SSSR count). The quantitative estimate of drug-likeness (QED) is 0.823. The molecular formula is C21H24N2O2S. The minimum atomic E-state index is -0.173. The van der Waals surface area contributed by atoms with Crippen molar-refractivity contribution in [3.05, 3.63) is 59.7 Å². The van der Waals surface area contributed by atoms with E-state index in [0.29, 0.717) is 18.7 Å². The van der Waals surface area contributed by atoms with E-state index in [9.17, 15) is 9.59 Å². The van der Waals surface area contributed by atoms with E-state index >= 15 is 0 Å². The molecule has 0 radical (unpaired) electrons. The molecule has 1 aliphatic rings. The first-order chi connectivity index (χ1) is 12.6. The minimum absolute atomic E-state index is 0.00649. The van der Waals surface area contributed by atoms with Crippen molar-refractivity contribution in [1.29, 1.82) is 0 Å². The largest absolute Gasteiger partial charge is 0.338 e. The minimum Gasteiger partial charge on any atom is -0.338 e. The van der Waals surface area contributed by atoms with Gasteiger partial charge in [-0.2, -0.15) is 0 Å². The van der Waals surface area contributed by atoms with Crippen molar-refractivity contribution in [2.75, 3.05) is 24.7 Å². The molecule has 1 fully saturated rings. The number of carbonyl (C=O) groups is 2. The summed E-state index contributed by atoms with van der Waals surface area (Å²) in [7, 11) is 0. The summed E-state index contributed by atoms with van der Waals surface area (Å²) in [5.74, 6) is -0.173. The highest BCUT2D eigenvalue weighted by molar-refractivity contribution is 7.98. The van der Waals surface area contributed by atoms with Crippen LogP contribution in [-0.2, 0) is 4.79 Å². The van der Waals surface area contributed by atoms with Crippen LogP contribution < -0.4 is 5.32 Å². The van der Waals surface area contributed by atoms with Crippen molar-refractivity contribution in [3.63, 3.8) is 0 Å². The first kappa shape index (κ1) is 18.5. The van der Waals surface area contributed by atoms with E-state index in [2.05, 4.69) is 5.32 Å². The molecule has 0 spiro atoms. The molecule has 0 saturated carbocycles. The number of para-hydroxylation sites is 1. The molecule has 2 aromatic carbocycles. The molecule has 1 heterocycles. The number of carbonyl (C=O) groups excluding carboxylic acids is 2. The highest BCUT2D eigenvalue weighted by atomic mass is 32.2. The summed E-state index contributed by atoms with van der Waals surface area (Å²) >= 11 is 1.61. The summed E-state index contributed by atoms with van der Waals surface area (Å²) < 4.78 is 0. The van der Waals surface area contributed by atoms with Gasteiger partial charge in [0, 0.05) is 23.5 Å². The maximum absolute atomic E-state index is 12.7. The fourth-order valence-electron chi connectivity index (χ4n) is 3.24. The van der Waals surface area contributed by atoms with Gasteiger partial charge in [0.15, 0.2) is 0 Å². The SMILES string of the molecule is CSc1ccccc1NC(=O)C1CCCN(C(=O)c2ccc(C)cc2)C1. The zero-order chi connectivity index (χ0) is 18.5. The number of thioether (sulfide) groups is 1. The second-order valence-corrected chi connectivity index (χ2v) is 7.49. The number of piperidine rings is 1. The number of nitrogens with zero attached hydrogens (tertiary/aromatic N) is 1. The van der Waals surface area contributed by atoms with Crippen molar-refractivity contribution >= 4 is 29.3 Å². The second kappa shape index (κ2) is 8.41. The Bertz CT molecular complexity index is 789. The third kappa shape index (κ3) is 4.28. The molecule has 1 N–H and O–H groups in total. The number of hydrogen-bond acceptors (Lipinski definition) is 3. The van der Waals surface area contributed by atoms with Crippen LogP contribution >= 0.6 is 11.8 Å². The summed E-state index contributed by atoms with van der Waals surface area (Å²) in [6.07, 6.45) is 3.65. The van der Waals surface area contributed by atoms with Crippen LogP contribution in [0.5, 0.6) is 0 Å². The third-order valence-corrected chi connectivity index (χ3v) is 5.54. The van der Waals surface area contributed by atoms with Gasteiger partial charge in [0.1, 0.15) is 0 Å². The number of benzene rings is 2. The van der Waals surface area contributed by atoms with Gasteiger partial charge < -0.3 is 10.2 Å². The fraction of sp³-hybridized carbons (Fsp3) is 0.333. The van der Waals surface area contributed by atoms with Gasteiger partial charge in [-0.3, -0.25) is 9.59 Å². The first-order valence-corrected chi connectivity index (χ1v) is 10.1. The van der Waals surface area contributed by atoms with Crippen molar-refractivity contribution in [1.82, 2.24) is 4.90 Å². The van der Waals surface area contributed by atoms with E-state index in [1.807, 2.05) is 61.7 Å². The van der Waals surface area contributed by atoms with E-state index < -0.39 is 0 Å². The van der Waals surface area contributed by atoms with Crippen LogP contribution in [0.15, 0.2) is 53.4 Å². The van der Waals surface area contributed by atoms with Gasteiger partial charge in [-0.1, -0.05) is 29.8 Å². The van der Waals surface area contributed by atoms with Gasteiger partial charge in [-0.05, 0) is 50.3 Å². The summed E-state index contributed by atoms with van der Waals surface area (Å²) in [6, 6.07) is 15.4. The first-order valence-electron chi connectivity index (χ1n) is 8.88. The van der Waals surface area contributed by atoms with Gasteiger partial charge in [0.25, 0.3) is 5.91 Å². The lowest BCUT2D eigenvalue weighted by atomic mass is 9.96. The number of amides is 2. The highest BCUT2D eigenvalue weighted by Gasteiger charge is 2.29. The topological polar surface area (TPSA) is 49.4 Å². The number of aryl methyl sites for hydroxylation is 1. The Balaban J connectivity index is 1.66. The van der Waals surface area contributed by atoms with Crippen molar-refractivity contribution in [3.8, 4) is 0 Å². The number of anilines is 1. The van der Waals surface area contributed by atoms with Crippen molar-refractivity contribution in [2.24, 2.45) is 5.92 Å². The zero-order valence-electron chi connectivity index (χ0n) is 15.2. The molecule has 1 unspecified atom stereocenters. The Kier molecular flexibility index (Phi) is 5.99. The Morgan fingerprint density at radius 1 is 1.12 bits per heavy atom. The van der Waals surface area contributed by atoms with Gasteiger partial charge in [0.05, 0.1) is 11.6 Å². The molecule has 26 heavy (non-hydrogen) atoms. The molecule has 4 nitrogen and oxygen atoms in total. The Morgan fingerprint density at radius 2 is 1.85 bits per heavy atom. The predicted octanol–water partition coefficient (Wildman–Crippen LogP) is 4.21. The maximum Gasteiger partial charge on any atom is 0.253 e. The van der Waals surface area contributed by atoms with Crippen molar-refractivity contribution < 1.29 is 9.59 Å². The number of rotatable bonds is 4. The molecule has 0 aliphatic carbocycles. The Hall–Kier alpha value is -2.27. The lowest BCUT2D eigenvalue weighted by Crippen LogP contribution is -2.43. The maximum atomic E-state index is 12.7. The molecule has 5 heteroatoms. The number of nitrogens with one attached hydrogen (secondary N) is 1. The van der Waals surface area contributed by atoms with Crippen LogP contribution in [0.1, 0.15) is 28.8 Å². The highest BCUT2D eigenvalue weighted by Crippen LogP contribution is 2.26. The molecule has 1 saturated heterocycles. The smallest absolute Gasteiger partial charge is 0.253 e. The predicted molar refractivity (Wildman–Crippen MR) is 107 cm³/mol. The zero-order valence-corrected chi connectivity index (χ0v) is 16.0. The van der Waals surface area contributed by atoms with Gasteiger partial charge in [0.2, 0.25) is 5.91 Å².